The first-order chi connectivity index (χ1) is 7.72. The number of hydrogen-bond donors (Lipinski definition) is 2. The summed E-state index contributed by atoms with van der Waals surface area (Å²) in [6.07, 6.45) is 1.09. The third-order valence-electron chi connectivity index (χ3n) is 3.31. The molecule has 2 atom stereocenters. The maximum Gasteiger partial charge on any atom is 0.236 e. The van der Waals surface area contributed by atoms with Gasteiger partial charge in [0.2, 0.25) is 5.91 Å². The molecule has 2 N–H and O–H groups in total. The van der Waals surface area contributed by atoms with Gasteiger partial charge in [-0.2, -0.15) is 0 Å². The molecule has 2 rings (SSSR count). The van der Waals surface area contributed by atoms with Crippen LogP contribution in [-0.4, -0.2) is 25.5 Å². The summed E-state index contributed by atoms with van der Waals surface area (Å²) in [5.41, 5.74) is 2.81. The summed E-state index contributed by atoms with van der Waals surface area (Å²) >= 11 is 0. The van der Waals surface area contributed by atoms with Crippen molar-refractivity contribution in [1.82, 2.24) is 10.6 Å². The van der Waals surface area contributed by atoms with Crippen LogP contribution in [0, 0.1) is 0 Å². The number of carbonyl (C=O) groups excluding carboxylic acids is 1. The van der Waals surface area contributed by atoms with Crippen LogP contribution in [0.3, 0.4) is 0 Å². The second kappa shape index (κ2) is 4.66. The second-order valence-electron chi connectivity index (χ2n) is 4.36. The first kappa shape index (κ1) is 11.1. The molecular weight excluding hydrogens is 200 g/mol. The van der Waals surface area contributed by atoms with Gasteiger partial charge in [-0.25, -0.2) is 0 Å². The van der Waals surface area contributed by atoms with Crippen molar-refractivity contribution in [2.24, 2.45) is 0 Å². The van der Waals surface area contributed by atoms with Crippen LogP contribution < -0.4 is 10.6 Å². The highest BCUT2D eigenvalue weighted by molar-refractivity contribution is 5.81. The molecule has 3 nitrogen and oxygen atoms in total. The van der Waals surface area contributed by atoms with Crippen molar-refractivity contribution < 1.29 is 4.79 Å². The van der Waals surface area contributed by atoms with Gasteiger partial charge in [0.05, 0.1) is 6.04 Å². The Bertz CT molecular complexity index is 389. The van der Waals surface area contributed by atoms with Gasteiger partial charge in [0.15, 0.2) is 0 Å². The van der Waals surface area contributed by atoms with Crippen LogP contribution in [0.25, 0.3) is 0 Å². The number of carbonyl (C=O) groups is 1. The maximum absolute atomic E-state index is 11.6. The molecular formula is C13H18N2O. The molecule has 0 spiro atoms. The summed E-state index contributed by atoms with van der Waals surface area (Å²) < 4.78 is 0. The number of fused-ring (bicyclic) bond motifs is 1. The predicted molar refractivity (Wildman–Crippen MR) is 64.4 cm³/mol. The molecule has 86 valence electrons. The Kier molecular flexibility index (Phi) is 3.25. The molecule has 1 amide bonds. The summed E-state index contributed by atoms with van der Waals surface area (Å²) in [4.78, 5) is 11.6. The Morgan fingerprint density at radius 1 is 1.50 bits per heavy atom. The van der Waals surface area contributed by atoms with Gasteiger partial charge in [-0.1, -0.05) is 24.3 Å². The molecule has 0 heterocycles. The van der Waals surface area contributed by atoms with E-state index in [4.69, 9.17) is 0 Å². The van der Waals surface area contributed by atoms with Gasteiger partial charge in [0.25, 0.3) is 0 Å². The van der Waals surface area contributed by atoms with Crippen LogP contribution in [-0.2, 0) is 11.2 Å². The Morgan fingerprint density at radius 3 is 2.94 bits per heavy atom. The van der Waals surface area contributed by atoms with Crippen LogP contribution in [0.5, 0.6) is 0 Å². The van der Waals surface area contributed by atoms with E-state index in [0.717, 1.165) is 13.0 Å². The lowest BCUT2D eigenvalue weighted by Gasteiger charge is -2.30. The van der Waals surface area contributed by atoms with Gasteiger partial charge >= 0.3 is 0 Å². The molecule has 3 heteroatoms. The Morgan fingerprint density at radius 2 is 2.25 bits per heavy atom. The molecule has 0 radical (unpaired) electrons. The van der Waals surface area contributed by atoms with Gasteiger partial charge in [0, 0.05) is 12.5 Å². The van der Waals surface area contributed by atoms with Crippen molar-refractivity contribution >= 4 is 5.91 Å². The number of nitrogens with one attached hydrogen (secondary N) is 2. The summed E-state index contributed by atoms with van der Waals surface area (Å²) in [5.74, 6) is 0.580. The number of benzene rings is 1. The van der Waals surface area contributed by atoms with Gasteiger partial charge < -0.3 is 10.6 Å². The van der Waals surface area contributed by atoms with Crippen molar-refractivity contribution in [3.05, 3.63) is 35.4 Å². The lowest BCUT2D eigenvalue weighted by Crippen LogP contribution is -2.43. The average molecular weight is 218 g/mol. The number of hydrogen-bond acceptors (Lipinski definition) is 2. The normalized spacial score (nSPS) is 19.5. The van der Waals surface area contributed by atoms with Crippen molar-refractivity contribution in [1.29, 1.82) is 0 Å². The number of likely N-dealkylation sites (N-methyl/N-ethyl adjacent to an activating group) is 1. The monoisotopic (exact) mass is 218 g/mol. The van der Waals surface area contributed by atoms with E-state index in [1.165, 1.54) is 11.1 Å². The molecule has 1 aromatic rings. The highest BCUT2D eigenvalue weighted by atomic mass is 16.2. The zero-order valence-electron chi connectivity index (χ0n) is 9.79. The van der Waals surface area contributed by atoms with E-state index < -0.39 is 0 Å². The van der Waals surface area contributed by atoms with Crippen molar-refractivity contribution in [3.8, 4) is 0 Å². The Labute approximate surface area is 96.2 Å². The van der Waals surface area contributed by atoms with E-state index >= 15 is 0 Å². The molecule has 0 fully saturated rings. The summed E-state index contributed by atoms with van der Waals surface area (Å²) in [6.45, 7) is 2.62. The van der Waals surface area contributed by atoms with Crippen LogP contribution in [0.2, 0.25) is 0 Å². The number of amides is 1. The average Bonchev–Trinajstić information content (AvgIpc) is 2.29. The van der Waals surface area contributed by atoms with Crippen molar-refractivity contribution in [3.63, 3.8) is 0 Å². The quantitative estimate of drug-likeness (QED) is 0.793. The molecule has 16 heavy (non-hydrogen) atoms. The SMILES string of the molecule is CNC(C)C(=O)NCC1Cc2ccccc21. The standard InChI is InChI=1S/C13H18N2O/c1-9(14-2)13(16)15-8-11-7-10-5-3-4-6-12(10)11/h3-6,9,11,14H,7-8H2,1-2H3,(H,15,16). The maximum atomic E-state index is 11.6. The molecule has 2 unspecified atom stereocenters. The van der Waals surface area contributed by atoms with Gasteiger partial charge in [-0.3, -0.25) is 4.79 Å². The third kappa shape index (κ3) is 2.09. The first-order valence-corrected chi connectivity index (χ1v) is 5.75. The van der Waals surface area contributed by atoms with E-state index in [-0.39, 0.29) is 11.9 Å². The van der Waals surface area contributed by atoms with Crippen molar-refractivity contribution in [2.45, 2.75) is 25.3 Å². The fraction of sp³-hybridized carbons (Fsp3) is 0.462. The molecule has 1 aliphatic carbocycles. The highest BCUT2D eigenvalue weighted by Gasteiger charge is 2.25. The number of rotatable bonds is 4. The zero-order valence-corrected chi connectivity index (χ0v) is 9.79. The Balaban J connectivity index is 1.84. The predicted octanol–water partition coefficient (Wildman–Crippen LogP) is 1.05. The molecule has 1 aromatic carbocycles. The summed E-state index contributed by atoms with van der Waals surface area (Å²) in [7, 11) is 1.79. The molecule has 1 aliphatic rings. The van der Waals surface area contributed by atoms with Gasteiger partial charge in [-0.15, -0.1) is 0 Å². The second-order valence-corrected chi connectivity index (χ2v) is 4.36. The minimum absolute atomic E-state index is 0.0758. The van der Waals surface area contributed by atoms with E-state index in [0.29, 0.717) is 5.92 Å². The molecule has 0 saturated carbocycles. The fourth-order valence-corrected chi connectivity index (χ4v) is 2.05. The van der Waals surface area contributed by atoms with Crippen molar-refractivity contribution in [2.75, 3.05) is 13.6 Å². The smallest absolute Gasteiger partial charge is 0.236 e. The van der Waals surface area contributed by atoms with Crippen LogP contribution in [0.1, 0.15) is 24.0 Å². The lowest BCUT2D eigenvalue weighted by atomic mass is 9.77. The lowest BCUT2D eigenvalue weighted by molar-refractivity contribution is -0.122. The molecule has 0 saturated heterocycles. The van der Waals surface area contributed by atoms with E-state index in [9.17, 15) is 4.79 Å². The van der Waals surface area contributed by atoms with Crippen LogP contribution in [0.15, 0.2) is 24.3 Å². The summed E-state index contributed by atoms with van der Waals surface area (Å²) in [5, 5.41) is 5.91. The fourth-order valence-electron chi connectivity index (χ4n) is 2.05. The van der Waals surface area contributed by atoms with Crippen LogP contribution in [0.4, 0.5) is 0 Å². The summed E-state index contributed by atoms with van der Waals surface area (Å²) in [6, 6.07) is 8.32. The van der Waals surface area contributed by atoms with E-state index in [1.807, 2.05) is 6.92 Å². The Hall–Kier alpha value is -1.35. The zero-order chi connectivity index (χ0) is 11.5. The molecule has 0 aromatic heterocycles. The van der Waals surface area contributed by atoms with Gasteiger partial charge in [-0.05, 0) is 31.5 Å². The topological polar surface area (TPSA) is 41.1 Å². The minimum Gasteiger partial charge on any atom is -0.354 e. The van der Waals surface area contributed by atoms with Gasteiger partial charge in [0.1, 0.15) is 0 Å². The first-order valence-electron chi connectivity index (χ1n) is 5.75. The molecule has 0 bridgehead atoms. The largest absolute Gasteiger partial charge is 0.354 e. The minimum atomic E-state index is -0.115. The third-order valence-corrected chi connectivity index (χ3v) is 3.31. The molecule has 0 aliphatic heterocycles. The highest BCUT2D eigenvalue weighted by Crippen LogP contribution is 2.33. The van der Waals surface area contributed by atoms with Crippen LogP contribution >= 0.6 is 0 Å². The van der Waals surface area contributed by atoms with E-state index in [1.54, 1.807) is 7.05 Å². The van der Waals surface area contributed by atoms with E-state index in [2.05, 4.69) is 34.9 Å².